The van der Waals surface area contributed by atoms with Crippen LogP contribution in [0.4, 0.5) is 0 Å². The summed E-state index contributed by atoms with van der Waals surface area (Å²) in [6, 6.07) is 3.74. The van der Waals surface area contributed by atoms with E-state index in [1.54, 1.807) is 6.26 Å². The summed E-state index contributed by atoms with van der Waals surface area (Å²) in [6.07, 6.45) is 3.54. The number of amidine groups is 1. The molecule has 1 heterocycles. The molecule has 0 unspecified atom stereocenters. The van der Waals surface area contributed by atoms with E-state index >= 15 is 0 Å². The van der Waals surface area contributed by atoms with Gasteiger partial charge >= 0.3 is 0 Å². The lowest BCUT2D eigenvalue weighted by atomic mass is 10.3. The predicted molar refractivity (Wildman–Crippen MR) is 48.9 cm³/mol. The van der Waals surface area contributed by atoms with Crippen LogP contribution in [0.3, 0.4) is 0 Å². The van der Waals surface area contributed by atoms with Crippen LogP contribution in [0, 0.1) is 0 Å². The van der Waals surface area contributed by atoms with Crippen LogP contribution in [0.2, 0.25) is 0 Å². The molecule has 3 heteroatoms. The van der Waals surface area contributed by atoms with Crippen molar-refractivity contribution in [3.8, 4) is 0 Å². The minimum absolute atomic E-state index is 0.554. The molecule has 0 amide bonds. The van der Waals surface area contributed by atoms with Crippen molar-refractivity contribution in [2.75, 3.05) is 0 Å². The van der Waals surface area contributed by atoms with E-state index in [-0.39, 0.29) is 0 Å². The Morgan fingerprint density at radius 1 is 1.67 bits per heavy atom. The molecule has 0 fully saturated rings. The molecule has 3 nitrogen and oxygen atoms in total. The highest BCUT2D eigenvalue weighted by atomic mass is 16.3. The molecular weight excluding hydrogens is 152 g/mol. The summed E-state index contributed by atoms with van der Waals surface area (Å²) in [6.45, 7) is 2.63. The van der Waals surface area contributed by atoms with Gasteiger partial charge in [-0.05, 0) is 18.6 Å². The Balaban J connectivity index is 2.38. The van der Waals surface area contributed by atoms with Crippen LogP contribution in [0.1, 0.15) is 25.5 Å². The molecule has 0 aliphatic heterocycles. The van der Waals surface area contributed by atoms with Crippen molar-refractivity contribution in [1.29, 1.82) is 0 Å². The van der Waals surface area contributed by atoms with Crippen molar-refractivity contribution >= 4 is 5.84 Å². The fraction of sp³-hybridized carbons (Fsp3) is 0.444. The Bertz CT molecular complexity index is 239. The minimum Gasteiger partial charge on any atom is -0.467 e. The number of aliphatic imine (C=N–C) groups is 1. The molecule has 2 N–H and O–H groups in total. The van der Waals surface area contributed by atoms with Gasteiger partial charge in [0.25, 0.3) is 0 Å². The number of nitrogens with two attached hydrogens (primary N) is 1. The van der Waals surface area contributed by atoms with Crippen molar-refractivity contribution < 1.29 is 4.42 Å². The second-order valence-corrected chi connectivity index (χ2v) is 2.64. The Morgan fingerprint density at radius 2 is 2.50 bits per heavy atom. The number of nitrogens with zero attached hydrogens (tertiary/aromatic N) is 1. The Hall–Kier alpha value is -1.25. The zero-order chi connectivity index (χ0) is 8.81. The quantitative estimate of drug-likeness (QED) is 0.549. The van der Waals surface area contributed by atoms with Gasteiger partial charge < -0.3 is 10.2 Å². The lowest BCUT2D eigenvalue weighted by Gasteiger charge is -1.95. The van der Waals surface area contributed by atoms with Crippen LogP contribution in [0.5, 0.6) is 0 Å². The maximum atomic E-state index is 5.61. The van der Waals surface area contributed by atoms with Crippen LogP contribution in [-0.2, 0) is 6.54 Å². The van der Waals surface area contributed by atoms with E-state index in [4.69, 9.17) is 10.2 Å². The van der Waals surface area contributed by atoms with E-state index in [9.17, 15) is 0 Å². The number of hydrogen-bond acceptors (Lipinski definition) is 2. The summed E-state index contributed by atoms with van der Waals surface area (Å²) >= 11 is 0. The van der Waals surface area contributed by atoms with Gasteiger partial charge in [0.05, 0.1) is 18.6 Å². The zero-order valence-corrected chi connectivity index (χ0v) is 7.29. The van der Waals surface area contributed by atoms with Crippen molar-refractivity contribution in [2.45, 2.75) is 26.3 Å². The van der Waals surface area contributed by atoms with E-state index in [0.29, 0.717) is 12.4 Å². The van der Waals surface area contributed by atoms with Crippen LogP contribution in [0.15, 0.2) is 27.8 Å². The largest absolute Gasteiger partial charge is 0.467 e. The van der Waals surface area contributed by atoms with Crippen LogP contribution < -0.4 is 5.73 Å². The molecular formula is C9H14N2O. The second-order valence-electron chi connectivity index (χ2n) is 2.64. The zero-order valence-electron chi connectivity index (χ0n) is 7.29. The molecule has 1 aromatic heterocycles. The Morgan fingerprint density at radius 3 is 3.08 bits per heavy atom. The fourth-order valence-electron chi connectivity index (χ4n) is 0.917. The number of hydrogen-bond donors (Lipinski definition) is 1. The standard InChI is InChI=1S/C9H14N2O/c1-2-4-9(10)11-7-8-5-3-6-12-8/h3,5-6H,2,4,7H2,1H3,(H2,10,11). The molecule has 0 aromatic carbocycles. The monoisotopic (exact) mass is 166 g/mol. The third-order valence-corrected chi connectivity index (χ3v) is 1.52. The first kappa shape index (κ1) is 8.84. The Labute approximate surface area is 72.3 Å². The molecule has 66 valence electrons. The van der Waals surface area contributed by atoms with Crippen LogP contribution in [-0.4, -0.2) is 5.84 Å². The molecule has 12 heavy (non-hydrogen) atoms. The van der Waals surface area contributed by atoms with Gasteiger partial charge in [-0.1, -0.05) is 6.92 Å². The highest BCUT2D eigenvalue weighted by Crippen LogP contribution is 2.01. The first-order chi connectivity index (χ1) is 5.83. The lowest BCUT2D eigenvalue weighted by molar-refractivity contribution is 0.512. The smallest absolute Gasteiger partial charge is 0.125 e. The van der Waals surface area contributed by atoms with Gasteiger partial charge in [-0.2, -0.15) is 0 Å². The third-order valence-electron chi connectivity index (χ3n) is 1.52. The van der Waals surface area contributed by atoms with Crippen molar-refractivity contribution in [1.82, 2.24) is 0 Å². The molecule has 1 rings (SSSR count). The third kappa shape index (κ3) is 2.78. The summed E-state index contributed by atoms with van der Waals surface area (Å²) in [7, 11) is 0. The predicted octanol–water partition coefficient (Wildman–Crippen LogP) is 1.94. The second kappa shape index (κ2) is 4.59. The molecule has 0 saturated heterocycles. The van der Waals surface area contributed by atoms with Gasteiger partial charge in [0, 0.05) is 6.42 Å². The topological polar surface area (TPSA) is 51.5 Å². The van der Waals surface area contributed by atoms with Crippen LogP contribution >= 0.6 is 0 Å². The summed E-state index contributed by atoms with van der Waals surface area (Å²) in [4.78, 5) is 4.16. The average Bonchev–Trinajstić information content (AvgIpc) is 2.53. The first-order valence-corrected chi connectivity index (χ1v) is 4.14. The molecule has 0 bridgehead atoms. The number of rotatable bonds is 4. The van der Waals surface area contributed by atoms with Crippen molar-refractivity contribution in [3.05, 3.63) is 24.2 Å². The molecule has 1 aromatic rings. The summed E-state index contributed by atoms with van der Waals surface area (Å²) < 4.78 is 5.10. The highest BCUT2D eigenvalue weighted by molar-refractivity contribution is 5.80. The minimum atomic E-state index is 0.554. The summed E-state index contributed by atoms with van der Waals surface area (Å²) in [5.74, 6) is 1.56. The van der Waals surface area contributed by atoms with Gasteiger partial charge in [0.1, 0.15) is 5.76 Å². The maximum absolute atomic E-state index is 5.61. The summed E-state index contributed by atoms with van der Waals surface area (Å²) in [5.41, 5.74) is 5.61. The molecule has 0 aliphatic rings. The molecule has 0 radical (unpaired) electrons. The van der Waals surface area contributed by atoms with Gasteiger partial charge in [0.15, 0.2) is 0 Å². The van der Waals surface area contributed by atoms with E-state index in [2.05, 4.69) is 11.9 Å². The number of furan rings is 1. The summed E-state index contributed by atoms with van der Waals surface area (Å²) in [5, 5.41) is 0. The first-order valence-electron chi connectivity index (χ1n) is 4.14. The van der Waals surface area contributed by atoms with Gasteiger partial charge in [0.2, 0.25) is 0 Å². The van der Waals surface area contributed by atoms with E-state index in [1.807, 2.05) is 12.1 Å². The lowest BCUT2D eigenvalue weighted by Crippen LogP contribution is -2.10. The maximum Gasteiger partial charge on any atom is 0.125 e. The van der Waals surface area contributed by atoms with Crippen molar-refractivity contribution in [3.63, 3.8) is 0 Å². The van der Waals surface area contributed by atoms with Crippen molar-refractivity contribution in [2.24, 2.45) is 10.7 Å². The SMILES string of the molecule is CCCC(N)=NCc1ccco1. The van der Waals surface area contributed by atoms with Gasteiger partial charge in [-0.25, -0.2) is 0 Å². The molecule has 0 atom stereocenters. The van der Waals surface area contributed by atoms with E-state index in [0.717, 1.165) is 18.6 Å². The van der Waals surface area contributed by atoms with Gasteiger partial charge in [-0.15, -0.1) is 0 Å². The highest BCUT2D eigenvalue weighted by Gasteiger charge is 1.93. The average molecular weight is 166 g/mol. The fourth-order valence-corrected chi connectivity index (χ4v) is 0.917. The Kier molecular flexibility index (Phi) is 3.38. The molecule has 0 spiro atoms. The van der Waals surface area contributed by atoms with Gasteiger partial charge in [-0.3, -0.25) is 4.99 Å². The molecule has 0 aliphatic carbocycles. The van der Waals surface area contributed by atoms with E-state index in [1.165, 1.54) is 0 Å². The molecule has 0 saturated carbocycles. The van der Waals surface area contributed by atoms with Crippen LogP contribution in [0.25, 0.3) is 0 Å². The van der Waals surface area contributed by atoms with E-state index < -0.39 is 0 Å². The normalized spacial score (nSPS) is 11.9.